The Kier molecular flexibility index (Phi) is 3.97. The number of hydrogen-bond acceptors (Lipinski definition) is 5. The van der Waals surface area contributed by atoms with Crippen molar-refractivity contribution in [2.75, 3.05) is 17.2 Å². The number of aromatic nitrogens is 1. The molecule has 0 spiro atoms. The van der Waals surface area contributed by atoms with E-state index in [0.29, 0.717) is 11.1 Å². The molecule has 0 aliphatic carbocycles. The van der Waals surface area contributed by atoms with Gasteiger partial charge < -0.3 is 4.90 Å². The summed E-state index contributed by atoms with van der Waals surface area (Å²) >= 11 is 7.75. The first kappa shape index (κ1) is 13.4. The van der Waals surface area contributed by atoms with Crippen LogP contribution in [0.25, 0.3) is 0 Å². The molecule has 2 heterocycles. The Morgan fingerprint density at radius 2 is 2.28 bits per heavy atom. The fraction of sp³-hybridized carbons (Fsp3) is 0.545. The fourth-order valence-corrected chi connectivity index (χ4v) is 3.28. The van der Waals surface area contributed by atoms with E-state index in [0.717, 1.165) is 12.3 Å². The molecule has 2 unspecified atom stereocenters. The van der Waals surface area contributed by atoms with Crippen molar-refractivity contribution in [3.8, 4) is 0 Å². The van der Waals surface area contributed by atoms with Crippen LogP contribution in [0.15, 0.2) is 12.1 Å². The van der Waals surface area contributed by atoms with Crippen LogP contribution in [0.4, 0.5) is 11.5 Å². The summed E-state index contributed by atoms with van der Waals surface area (Å²) in [7, 11) is 0. The Hall–Kier alpha value is -1.01. The second kappa shape index (κ2) is 5.32. The molecule has 1 aliphatic rings. The van der Waals surface area contributed by atoms with E-state index in [1.54, 1.807) is 0 Å². The van der Waals surface area contributed by atoms with Crippen LogP contribution in [0.5, 0.6) is 0 Å². The van der Waals surface area contributed by atoms with Gasteiger partial charge in [0.25, 0.3) is 5.69 Å². The second-order valence-electron chi connectivity index (χ2n) is 4.27. The molecule has 2 rings (SSSR count). The highest BCUT2D eigenvalue weighted by atomic mass is 35.5. The molecule has 0 saturated carbocycles. The topological polar surface area (TPSA) is 59.3 Å². The Balaban J connectivity index is 2.35. The predicted molar refractivity (Wildman–Crippen MR) is 74.6 cm³/mol. The largest absolute Gasteiger partial charge is 0.352 e. The molecule has 0 bridgehead atoms. The number of anilines is 1. The first-order chi connectivity index (χ1) is 8.49. The van der Waals surface area contributed by atoms with E-state index in [1.807, 2.05) is 11.8 Å². The summed E-state index contributed by atoms with van der Waals surface area (Å²) < 4.78 is 0. The summed E-state index contributed by atoms with van der Waals surface area (Å²) in [6.07, 6.45) is 0. The van der Waals surface area contributed by atoms with Gasteiger partial charge in [0.2, 0.25) is 0 Å². The fourth-order valence-electron chi connectivity index (χ4n) is 1.98. The number of nitrogens with zero attached hydrogens (tertiary/aromatic N) is 3. The Labute approximate surface area is 115 Å². The van der Waals surface area contributed by atoms with Gasteiger partial charge in [0.05, 0.1) is 17.1 Å². The van der Waals surface area contributed by atoms with Crippen molar-refractivity contribution in [1.82, 2.24) is 4.98 Å². The summed E-state index contributed by atoms with van der Waals surface area (Å²) in [5.41, 5.74) is -0.0110. The van der Waals surface area contributed by atoms with E-state index >= 15 is 0 Å². The Morgan fingerprint density at radius 1 is 1.56 bits per heavy atom. The molecule has 7 heteroatoms. The van der Waals surface area contributed by atoms with E-state index in [4.69, 9.17) is 11.6 Å². The number of pyridine rings is 1. The van der Waals surface area contributed by atoms with Gasteiger partial charge >= 0.3 is 0 Å². The van der Waals surface area contributed by atoms with E-state index in [1.165, 1.54) is 12.1 Å². The lowest BCUT2D eigenvalue weighted by molar-refractivity contribution is -0.384. The van der Waals surface area contributed by atoms with E-state index in [-0.39, 0.29) is 16.9 Å². The van der Waals surface area contributed by atoms with Crippen molar-refractivity contribution >= 4 is 34.9 Å². The monoisotopic (exact) mass is 287 g/mol. The summed E-state index contributed by atoms with van der Waals surface area (Å²) in [5.74, 6) is 1.59. The highest BCUT2D eigenvalue weighted by molar-refractivity contribution is 8.00. The third-order valence-electron chi connectivity index (χ3n) is 3.15. The zero-order valence-corrected chi connectivity index (χ0v) is 11.7. The molecule has 18 heavy (non-hydrogen) atoms. The minimum absolute atomic E-state index is 0.0110. The molecule has 0 radical (unpaired) electrons. The van der Waals surface area contributed by atoms with Crippen molar-refractivity contribution in [3.63, 3.8) is 0 Å². The molecule has 1 aromatic rings. The SMILES string of the molecule is CC1SCCN(c2cc([N+](=O)[O-])cc(Cl)n2)C1C. The number of thioether (sulfide) groups is 1. The van der Waals surface area contributed by atoms with Crippen LogP contribution < -0.4 is 4.90 Å². The van der Waals surface area contributed by atoms with Crippen LogP contribution in [0, 0.1) is 10.1 Å². The lowest BCUT2D eigenvalue weighted by Gasteiger charge is -2.38. The van der Waals surface area contributed by atoms with Crippen LogP contribution in [0.1, 0.15) is 13.8 Å². The zero-order valence-electron chi connectivity index (χ0n) is 10.2. The van der Waals surface area contributed by atoms with E-state index < -0.39 is 4.92 Å². The molecule has 2 atom stereocenters. The van der Waals surface area contributed by atoms with Crippen molar-refractivity contribution in [1.29, 1.82) is 0 Å². The van der Waals surface area contributed by atoms with Gasteiger partial charge in [-0.3, -0.25) is 10.1 Å². The van der Waals surface area contributed by atoms with Gasteiger partial charge in [0, 0.05) is 23.6 Å². The van der Waals surface area contributed by atoms with Crippen LogP contribution in [-0.2, 0) is 0 Å². The van der Waals surface area contributed by atoms with Crippen LogP contribution in [0.2, 0.25) is 5.15 Å². The van der Waals surface area contributed by atoms with Gasteiger partial charge in [-0.15, -0.1) is 0 Å². The second-order valence-corrected chi connectivity index (χ2v) is 6.15. The smallest absolute Gasteiger partial charge is 0.276 e. The highest BCUT2D eigenvalue weighted by Gasteiger charge is 2.27. The molecular formula is C11H14ClN3O2S. The number of halogens is 1. The maximum Gasteiger partial charge on any atom is 0.276 e. The summed E-state index contributed by atoms with van der Waals surface area (Å²) in [4.78, 5) is 16.7. The first-order valence-corrected chi connectivity index (χ1v) is 7.12. The third kappa shape index (κ3) is 2.70. The van der Waals surface area contributed by atoms with Crippen LogP contribution in [-0.4, -0.2) is 33.5 Å². The normalized spacial score (nSPS) is 24.1. The van der Waals surface area contributed by atoms with Gasteiger partial charge in [-0.05, 0) is 6.92 Å². The van der Waals surface area contributed by atoms with Gasteiger partial charge in [0.15, 0.2) is 0 Å². The minimum Gasteiger partial charge on any atom is -0.352 e. The van der Waals surface area contributed by atoms with E-state index in [2.05, 4.69) is 23.7 Å². The predicted octanol–water partition coefficient (Wildman–Crippen LogP) is 2.97. The molecule has 5 nitrogen and oxygen atoms in total. The maximum atomic E-state index is 10.8. The quantitative estimate of drug-likeness (QED) is 0.475. The average molecular weight is 288 g/mol. The molecule has 0 amide bonds. The third-order valence-corrected chi connectivity index (χ3v) is 4.69. The molecular weight excluding hydrogens is 274 g/mol. The van der Waals surface area contributed by atoms with E-state index in [9.17, 15) is 10.1 Å². The molecule has 0 aromatic carbocycles. The summed E-state index contributed by atoms with van der Waals surface area (Å²) in [6, 6.07) is 3.05. The van der Waals surface area contributed by atoms with Crippen LogP contribution >= 0.6 is 23.4 Å². The highest BCUT2D eigenvalue weighted by Crippen LogP contribution is 2.30. The summed E-state index contributed by atoms with van der Waals surface area (Å²) in [6.45, 7) is 5.09. The maximum absolute atomic E-state index is 10.8. The first-order valence-electron chi connectivity index (χ1n) is 5.69. The molecule has 0 N–H and O–H groups in total. The van der Waals surface area contributed by atoms with Crippen molar-refractivity contribution in [2.24, 2.45) is 0 Å². The van der Waals surface area contributed by atoms with Gasteiger partial charge in [-0.1, -0.05) is 18.5 Å². The lowest BCUT2D eigenvalue weighted by Crippen LogP contribution is -2.45. The summed E-state index contributed by atoms with van der Waals surface area (Å²) in [5, 5.41) is 11.5. The molecule has 1 aromatic heterocycles. The van der Waals surface area contributed by atoms with Crippen molar-refractivity contribution in [2.45, 2.75) is 25.1 Å². The van der Waals surface area contributed by atoms with Crippen molar-refractivity contribution in [3.05, 3.63) is 27.4 Å². The van der Waals surface area contributed by atoms with Crippen molar-refractivity contribution < 1.29 is 4.92 Å². The Bertz CT molecular complexity index is 472. The minimum atomic E-state index is -0.441. The standard InChI is InChI=1S/C11H14ClN3O2S/c1-7-8(2)18-4-3-14(7)11-6-9(15(16)17)5-10(12)13-11/h5-8H,3-4H2,1-2H3. The zero-order chi connectivity index (χ0) is 13.3. The Morgan fingerprint density at radius 3 is 2.94 bits per heavy atom. The van der Waals surface area contributed by atoms with Gasteiger partial charge in [-0.25, -0.2) is 4.98 Å². The number of hydrogen-bond donors (Lipinski definition) is 0. The van der Waals surface area contributed by atoms with Gasteiger partial charge in [-0.2, -0.15) is 11.8 Å². The molecule has 1 saturated heterocycles. The lowest BCUT2D eigenvalue weighted by atomic mass is 10.2. The molecule has 1 aliphatic heterocycles. The average Bonchev–Trinajstić information content (AvgIpc) is 2.31. The number of rotatable bonds is 2. The molecule has 1 fully saturated rings. The van der Waals surface area contributed by atoms with Crippen LogP contribution in [0.3, 0.4) is 0 Å². The molecule has 98 valence electrons. The number of nitro groups is 1. The van der Waals surface area contributed by atoms with Gasteiger partial charge in [0.1, 0.15) is 11.0 Å².